The summed E-state index contributed by atoms with van der Waals surface area (Å²) in [5.41, 5.74) is 0. The third-order valence-corrected chi connectivity index (χ3v) is 0.691. The van der Waals surface area contributed by atoms with Gasteiger partial charge in [0.05, 0.1) is 0 Å². The van der Waals surface area contributed by atoms with E-state index in [0.29, 0.717) is 0 Å². The minimum Gasteiger partial charge on any atom is -0.391 e. The van der Waals surface area contributed by atoms with Gasteiger partial charge in [0.2, 0.25) is 0 Å². The molecule has 0 aromatic heterocycles. The van der Waals surface area contributed by atoms with Crippen LogP contribution in [0.4, 0.5) is 0 Å². The van der Waals surface area contributed by atoms with Gasteiger partial charge < -0.3 is 5.32 Å². The summed E-state index contributed by atoms with van der Waals surface area (Å²) in [6.45, 7) is 1.14. The molecule has 2 heteroatoms. The second-order valence-electron chi connectivity index (χ2n) is 1.15. The summed E-state index contributed by atoms with van der Waals surface area (Å²) in [4.78, 5) is 0. The Balaban J connectivity index is 0.000000250. The normalized spacial score (nSPS) is 16.0. The third-order valence-electron chi connectivity index (χ3n) is 0.691. The molecule has 1 aliphatic heterocycles. The number of hydrogen-bond acceptors (Lipinski definition) is 1. The minimum atomic E-state index is 0. The Morgan fingerprint density at radius 2 is 2.33 bits per heavy atom. The molecule has 6 heavy (non-hydrogen) atoms. The van der Waals surface area contributed by atoms with E-state index in [-0.39, 0.29) is 17.1 Å². The molecule has 0 saturated heterocycles. The monoisotopic (exact) mass is 125 g/mol. The average Bonchev–Trinajstić information content (AvgIpc) is 1.76. The summed E-state index contributed by atoms with van der Waals surface area (Å²) < 4.78 is 0. The van der Waals surface area contributed by atoms with Crippen LogP contribution in [0, 0.1) is 0 Å². The van der Waals surface area contributed by atoms with E-state index in [1.807, 2.05) is 6.20 Å². The van der Waals surface area contributed by atoms with Crippen molar-refractivity contribution in [1.29, 1.82) is 0 Å². The maximum atomic E-state index is 3.04. The number of rotatable bonds is 0. The third kappa shape index (κ3) is 1.48. The van der Waals surface area contributed by atoms with E-state index in [2.05, 4.69) is 11.4 Å². The van der Waals surface area contributed by atoms with Crippen molar-refractivity contribution in [3.8, 4) is 0 Å². The summed E-state index contributed by atoms with van der Waals surface area (Å²) in [6.07, 6.45) is 5.32. The summed E-state index contributed by atoms with van der Waals surface area (Å²) >= 11 is 0. The van der Waals surface area contributed by atoms with E-state index in [9.17, 15) is 0 Å². The molecule has 1 rings (SSSR count). The van der Waals surface area contributed by atoms with E-state index in [1.165, 1.54) is 6.42 Å². The molecule has 0 fully saturated rings. The van der Waals surface area contributed by atoms with Gasteiger partial charge in [-0.1, -0.05) is 6.08 Å². The maximum Gasteiger partial charge on any atom is 0.0176 e. The number of nitrogens with one attached hydrogen (secondary N) is 1. The van der Waals surface area contributed by atoms with Crippen LogP contribution < -0.4 is 5.32 Å². The van der Waals surface area contributed by atoms with Gasteiger partial charge in [0.1, 0.15) is 0 Å². The standard InChI is InChI=1S/C4H7N.Fe/c1-2-4-5-3-1;/h1,3,5H,2,4H2;. The summed E-state index contributed by atoms with van der Waals surface area (Å²) in [7, 11) is 0. The topological polar surface area (TPSA) is 12.0 Å². The molecule has 0 spiro atoms. The number of hydrogen-bond donors (Lipinski definition) is 1. The van der Waals surface area contributed by atoms with Crippen LogP contribution in [-0.2, 0) is 17.1 Å². The summed E-state index contributed by atoms with van der Waals surface area (Å²) in [6, 6.07) is 0. The zero-order valence-corrected chi connectivity index (χ0v) is 4.53. The zero-order valence-electron chi connectivity index (χ0n) is 3.42. The molecule has 1 N–H and O–H groups in total. The van der Waals surface area contributed by atoms with Gasteiger partial charge in [0.25, 0.3) is 0 Å². The van der Waals surface area contributed by atoms with Crippen LogP contribution in [0.2, 0.25) is 0 Å². The van der Waals surface area contributed by atoms with Crippen LogP contribution in [0.1, 0.15) is 6.42 Å². The van der Waals surface area contributed by atoms with E-state index in [1.54, 1.807) is 0 Å². The van der Waals surface area contributed by atoms with Crippen LogP contribution in [-0.4, -0.2) is 6.54 Å². The van der Waals surface area contributed by atoms with Gasteiger partial charge in [0.15, 0.2) is 0 Å². The van der Waals surface area contributed by atoms with Crippen LogP contribution >= 0.6 is 0 Å². The Labute approximate surface area is 48.3 Å². The van der Waals surface area contributed by atoms with Gasteiger partial charge >= 0.3 is 0 Å². The first-order chi connectivity index (χ1) is 2.50. The first-order valence-corrected chi connectivity index (χ1v) is 1.88. The molecule has 0 radical (unpaired) electrons. The van der Waals surface area contributed by atoms with E-state index < -0.39 is 0 Å². The fourth-order valence-electron chi connectivity index (χ4n) is 0.417. The van der Waals surface area contributed by atoms with Crippen molar-refractivity contribution in [3.63, 3.8) is 0 Å². The Hall–Kier alpha value is 0.0595. The van der Waals surface area contributed by atoms with Crippen molar-refractivity contribution < 1.29 is 17.1 Å². The Morgan fingerprint density at radius 1 is 1.50 bits per heavy atom. The Bertz CT molecular complexity index is 45.5. The van der Waals surface area contributed by atoms with E-state index in [4.69, 9.17) is 0 Å². The Morgan fingerprint density at radius 3 is 2.50 bits per heavy atom. The van der Waals surface area contributed by atoms with Crippen LogP contribution in [0.15, 0.2) is 12.3 Å². The van der Waals surface area contributed by atoms with E-state index >= 15 is 0 Å². The second-order valence-corrected chi connectivity index (χ2v) is 1.15. The van der Waals surface area contributed by atoms with Gasteiger partial charge in [-0.15, -0.1) is 0 Å². The molecule has 1 heterocycles. The van der Waals surface area contributed by atoms with Crippen molar-refractivity contribution in [2.75, 3.05) is 6.54 Å². The van der Waals surface area contributed by atoms with Gasteiger partial charge in [-0.25, -0.2) is 0 Å². The molecule has 0 saturated carbocycles. The molecular formula is C4H7FeN. The van der Waals surface area contributed by atoms with Crippen molar-refractivity contribution >= 4 is 0 Å². The molecule has 0 bridgehead atoms. The summed E-state index contributed by atoms with van der Waals surface area (Å²) in [5, 5.41) is 3.04. The van der Waals surface area contributed by atoms with Crippen molar-refractivity contribution in [2.24, 2.45) is 0 Å². The predicted octanol–water partition coefficient (Wildman–Crippen LogP) is 0.491. The second kappa shape index (κ2) is 3.26. The molecule has 0 amide bonds. The molecule has 1 nitrogen and oxygen atoms in total. The van der Waals surface area contributed by atoms with Crippen LogP contribution in [0.25, 0.3) is 0 Å². The van der Waals surface area contributed by atoms with Gasteiger partial charge in [0, 0.05) is 23.6 Å². The van der Waals surface area contributed by atoms with Crippen molar-refractivity contribution in [1.82, 2.24) is 5.32 Å². The average molecular weight is 125 g/mol. The molecule has 0 unspecified atom stereocenters. The fourth-order valence-corrected chi connectivity index (χ4v) is 0.417. The molecular weight excluding hydrogens is 118 g/mol. The van der Waals surface area contributed by atoms with E-state index in [0.717, 1.165) is 6.54 Å². The Kier molecular flexibility index (Phi) is 3.29. The molecule has 0 aromatic carbocycles. The van der Waals surface area contributed by atoms with Crippen molar-refractivity contribution in [2.45, 2.75) is 6.42 Å². The largest absolute Gasteiger partial charge is 0.391 e. The van der Waals surface area contributed by atoms with Gasteiger partial charge in [-0.3, -0.25) is 0 Å². The van der Waals surface area contributed by atoms with Crippen LogP contribution in [0.3, 0.4) is 0 Å². The molecule has 0 atom stereocenters. The zero-order chi connectivity index (χ0) is 3.54. The predicted molar refractivity (Wildman–Crippen MR) is 21.8 cm³/mol. The van der Waals surface area contributed by atoms with Gasteiger partial charge in [-0.05, 0) is 12.6 Å². The molecule has 0 aliphatic carbocycles. The van der Waals surface area contributed by atoms with Crippen molar-refractivity contribution in [3.05, 3.63) is 12.3 Å². The molecule has 36 valence electrons. The first-order valence-electron chi connectivity index (χ1n) is 1.88. The van der Waals surface area contributed by atoms with Crippen LogP contribution in [0.5, 0.6) is 0 Å². The fraction of sp³-hybridized carbons (Fsp3) is 0.500. The molecule has 1 aliphatic rings. The minimum absolute atomic E-state index is 0. The SMILES string of the molecule is C1=CNCC1.[Fe]. The first kappa shape index (κ1) is 6.06. The summed E-state index contributed by atoms with van der Waals surface area (Å²) in [5.74, 6) is 0. The quantitative estimate of drug-likeness (QED) is 0.464. The van der Waals surface area contributed by atoms with Gasteiger partial charge in [-0.2, -0.15) is 0 Å². The smallest absolute Gasteiger partial charge is 0.0176 e. The molecule has 0 aromatic rings. The maximum absolute atomic E-state index is 3.04.